The first kappa shape index (κ1) is 39.5. The second kappa shape index (κ2) is 14.9. The number of rotatable bonds is 8. The number of benzene rings is 8. The molecule has 3 saturated carbocycles. The lowest BCUT2D eigenvalue weighted by Gasteiger charge is -2.41. The van der Waals surface area contributed by atoms with Crippen molar-refractivity contribution >= 4 is 34.1 Å². The fraction of sp³-hybridized carbons (Fsp3) is 0.262. The van der Waals surface area contributed by atoms with Crippen LogP contribution >= 0.6 is 0 Å². The summed E-state index contributed by atoms with van der Waals surface area (Å²) < 4.78 is 0. The second-order valence-electron chi connectivity index (χ2n) is 21.5. The van der Waals surface area contributed by atoms with Gasteiger partial charge in [-0.15, -0.1) is 0 Å². The van der Waals surface area contributed by atoms with Gasteiger partial charge < -0.3 is 9.80 Å². The zero-order chi connectivity index (χ0) is 44.4. The molecule has 0 aromatic heterocycles. The molecule has 2 nitrogen and oxygen atoms in total. The van der Waals surface area contributed by atoms with Crippen LogP contribution in [0.1, 0.15) is 97.2 Å². The average Bonchev–Trinajstić information content (AvgIpc) is 4.23. The van der Waals surface area contributed by atoms with Crippen molar-refractivity contribution in [1.29, 1.82) is 0 Å². The van der Waals surface area contributed by atoms with E-state index in [2.05, 4.69) is 212 Å². The van der Waals surface area contributed by atoms with E-state index in [4.69, 9.17) is 0 Å². The van der Waals surface area contributed by atoms with E-state index >= 15 is 0 Å². The van der Waals surface area contributed by atoms with E-state index in [1.165, 1.54) is 112 Å². The zero-order valence-corrected chi connectivity index (χ0v) is 38.8. The Balaban J connectivity index is 1.01. The summed E-state index contributed by atoms with van der Waals surface area (Å²) in [5.74, 6) is 3.35. The normalized spacial score (nSPS) is 24.1. The molecule has 8 aromatic rings. The van der Waals surface area contributed by atoms with Crippen molar-refractivity contribution < 1.29 is 0 Å². The van der Waals surface area contributed by atoms with Gasteiger partial charge in [-0.2, -0.15) is 0 Å². The first-order chi connectivity index (χ1) is 33.0. The first-order valence-corrected chi connectivity index (χ1v) is 25.4. The maximum atomic E-state index is 2.72. The molecule has 328 valence electrons. The molecule has 3 fully saturated rings. The minimum Gasteiger partial charge on any atom is -0.310 e. The van der Waals surface area contributed by atoms with Gasteiger partial charge in [0, 0.05) is 33.6 Å². The summed E-state index contributed by atoms with van der Waals surface area (Å²) in [6, 6.07) is 72.3. The van der Waals surface area contributed by atoms with Gasteiger partial charge in [0.05, 0.1) is 11.4 Å². The molecule has 2 bridgehead atoms. The van der Waals surface area contributed by atoms with E-state index in [1.807, 2.05) is 0 Å². The monoisotopic (exact) mass is 866 g/mol. The van der Waals surface area contributed by atoms with Crippen molar-refractivity contribution in [3.8, 4) is 22.3 Å². The molecule has 0 radical (unpaired) electrons. The highest BCUT2D eigenvalue weighted by molar-refractivity contribution is 5.97. The standard InChI is InChI=1S/C65H58N2/c1-64(2)56-28-14-12-27-53(56)61-55(43-18-6-3-7-19-43)40-51(41-57(61)64)66(49-22-8-4-9-23-49)59-30-16-20-45-38-47-34-35-48-39-46-21-17-31-60(63(46)65(47,48)62(45)59)67(50-24-10-5-11-25-50)58-29-15-13-26-52(58)54-37-42-32-33-44(54)36-42/h3-31,40-42,44,47-48,54H,32-39H2,1-2H3. The summed E-state index contributed by atoms with van der Waals surface area (Å²) in [6.07, 6.45) is 10.3. The van der Waals surface area contributed by atoms with E-state index in [0.29, 0.717) is 17.8 Å². The SMILES string of the molecule is CC1(C)c2ccccc2-c2c(-c3ccccc3)cc(N(c3ccccc3)c3cccc4c3C35c6c(cccc6N(c6ccccc6)c6ccccc6C6CC7CCC6C7)CC3CCC5C4)cc21. The van der Waals surface area contributed by atoms with Gasteiger partial charge in [-0.1, -0.05) is 154 Å². The largest absolute Gasteiger partial charge is 0.310 e. The highest BCUT2D eigenvalue weighted by Gasteiger charge is 2.62. The summed E-state index contributed by atoms with van der Waals surface area (Å²) in [4.78, 5) is 5.38. The van der Waals surface area contributed by atoms with Crippen LogP contribution in [0.25, 0.3) is 22.3 Å². The Morgan fingerprint density at radius 1 is 0.448 bits per heavy atom. The topological polar surface area (TPSA) is 6.48 Å². The van der Waals surface area contributed by atoms with E-state index in [9.17, 15) is 0 Å². The van der Waals surface area contributed by atoms with Gasteiger partial charge in [0.15, 0.2) is 0 Å². The fourth-order valence-electron chi connectivity index (χ4n) is 15.4. The molecule has 1 spiro atoms. The van der Waals surface area contributed by atoms with Crippen LogP contribution in [-0.4, -0.2) is 0 Å². The van der Waals surface area contributed by atoms with Crippen LogP contribution in [0.15, 0.2) is 188 Å². The summed E-state index contributed by atoms with van der Waals surface area (Å²) in [5, 5.41) is 0. The number of fused-ring (bicyclic) bond motifs is 7. The maximum Gasteiger partial charge on any atom is 0.0505 e. The highest BCUT2D eigenvalue weighted by atomic mass is 15.2. The van der Waals surface area contributed by atoms with Crippen LogP contribution in [0.2, 0.25) is 0 Å². The van der Waals surface area contributed by atoms with Crippen LogP contribution < -0.4 is 9.80 Å². The Bertz CT molecular complexity index is 3210. The average molecular weight is 867 g/mol. The van der Waals surface area contributed by atoms with Crippen molar-refractivity contribution in [3.05, 3.63) is 227 Å². The van der Waals surface area contributed by atoms with Crippen LogP contribution in [0.3, 0.4) is 0 Å². The minimum absolute atomic E-state index is 0.131. The zero-order valence-electron chi connectivity index (χ0n) is 38.8. The Labute approximate surface area is 397 Å². The molecule has 2 heteroatoms. The Hall–Kier alpha value is -6.64. The number of hydrogen-bond donors (Lipinski definition) is 0. The molecule has 6 atom stereocenters. The van der Waals surface area contributed by atoms with Gasteiger partial charge in [0.1, 0.15) is 0 Å². The third-order valence-corrected chi connectivity index (χ3v) is 18.0. The smallest absolute Gasteiger partial charge is 0.0505 e. The summed E-state index contributed by atoms with van der Waals surface area (Å²) >= 11 is 0. The van der Waals surface area contributed by atoms with E-state index in [-0.39, 0.29) is 10.8 Å². The van der Waals surface area contributed by atoms with Gasteiger partial charge in [-0.25, -0.2) is 0 Å². The lowest BCUT2D eigenvalue weighted by atomic mass is 9.68. The molecular weight excluding hydrogens is 809 g/mol. The van der Waals surface area contributed by atoms with Crippen LogP contribution in [0, 0.1) is 23.7 Å². The first-order valence-electron chi connectivity index (χ1n) is 25.4. The molecular formula is C65H58N2. The number of hydrogen-bond acceptors (Lipinski definition) is 2. The van der Waals surface area contributed by atoms with Crippen molar-refractivity contribution in [3.63, 3.8) is 0 Å². The van der Waals surface area contributed by atoms with Crippen LogP contribution in [0.5, 0.6) is 0 Å². The van der Waals surface area contributed by atoms with E-state index in [0.717, 1.165) is 24.7 Å². The third-order valence-electron chi connectivity index (χ3n) is 18.0. The van der Waals surface area contributed by atoms with Crippen molar-refractivity contribution in [2.75, 3.05) is 9.80 Å². The molecule has 67 heavy (non-hydrogen) atoms. The quantitative estimate of drug-likeness (QED) is 0.150. The molecule has 0 amide bonds. The number of nitrogens with zero attached hydrogens (tertiary/aromatic N) is 2. The Kier molecular flexibility index (Phi) is 8.81. The van der Waals surface area contributed by atoms with Gasteiger partial charge >= 0.3 is 0 Å². The molecule has 0 saturated heterocycles. The molecule has 8 aromatic carbocycles. The molecule has 0 N–H and O–H groups in total. The van der Waals surface area contributed by atoms with E-state index < -0.39 is 0 Å². The Morgan fingerprint density at radius 3 is 1.69 bits per heavy atom. The molecule has 6 unspecified atom stereocenters. The van der Waals surface area contributed by atoms with Crippen molar-refractivity contribution in [1.82, 2.24) is 0 Å². The molecule has 0 aliphatic heterocycles. The van der Waals surface area contributed by atoms with Gasteiger partial charge in [0.25, 0.3) is 0 Å². The lowest BCUT2D eigenvalue weighted by molar-refractivity contribution is 0.350. The number of para-hydroxylation sites is 3. The van der Waals surface area contributed by atoms with E-state index in [1.54, 1.807) is 22.3 Å². The third kappa shape index (κ3) is 5.68. The summed E-state index contributed by atoms with van der Waals surface area (Å²) in [6.45, 7) is 4.86. The van der Waals surface area contributed by atoms with Gasteiger partial charge in [-0.05, 0) is 190 Å². The van der Waals surface area contributed by atoms with Crippen molar-refractivity contribution in [2.24, 2.45) is 23.7 Å². The Morgan fingerprint density at radius 2 is 1.03 bits per heavy atom. The summed E-state index contributed by atoms with van der Waals surface area (Å²) in [7, 11) is 0. The summed E-state index contributed by atoms with van der Waals surface area (Å²) in [5.41, 5.74) is 23.3. The second-order valence-corrected chi connectivity index (χ2v) is 21.5. The lowest BCUT2D eigenvalue weighted by Crippen LogP contribution is -2.35. The van der Waals surface area contributed by atoms with Crippen molar-refractivity contribution in [2.45, 2.75) is 82.0 Å². The predicted octanol–water partition coefficient (Wildman–Crippen LogP) is 16.9. The number of anilines is 6. The maximum absolute atomic E-state index is 2.72. The highest BCUT2D eigenvalue weighted by Crippen LogP contribution is 2.69. The van der Waals surface area contributed by atoms with Gasteiger partial charge in [-0.3, -0.25) is 0 Å². The van der Waals surface area contributed by atoms with Crippen LogP contribution in [0.4, 0.5) is 34.1 Å². The molecule has 6 aliphatic rings. The fourth-order valence-corrected chi connectivity index (χ4v) is 15.4. The predicted molar refractivity (Wildman–Crippen MR) is 278 cm³/mol. The molecule has 6 aliphatic carbocycles. The van der Waals surface area contributed by atoms with Crippen LogP contribution in [-0.2, 0) is 23.7 Å². The van der Waals surface area contributed by atoms with Gasteiger partial charge in [0.2, 0.25) is 0 Å². The minimum atomic E-state index is -0.165. The molecule has 14 rings (SSSR count). The molecule has 0 heterocycles.